The van der Waals surface area contributed by atoms with E-state index in [4.69, 9.17) is 0 Å². The highest BCUT2D eigenvalue weighted by atomic mass is 16.3. The van der Waals surface area contributed by atoms with Crippen LogP contribution in [0.2, 0.25) is 0 Å². The number of phenolic OH excluding ortho intramolecular Hbond substituents is 1. The van der Waals surface area contributed by atoms with Crippen molar-refractivity contribution in [3.05, 3.63) is 65.2 Å². The lowest BCUT2D eigenvalue weighted by Gasteiger charge is -2.10. The molecule has 0 fully saturated rings. The number of benzene rings is 2. The van der Waals surface area contributed by atoms with Gasteiger partial charge in [-0.1, -0.05) is 50.3 Å². The molecule has 0 aliphatic heterocycles. The summed E-state index contributed by atoms with van der Waals surface area (Å²) in [5, 5.41) is 9.94. The lowest BCUT2D eigenvalue weighted by Crippen LogP contribution is -1.89. The summed E-state index contributed by atoms with van der Waals surface area (Å²) in [6.45, 7) is 6.08. The minimum atomic E-state index is 0.277. The smallest absolute Gasteiger partial charge is 0.119 e. The maximum absolute atomic E-state index is 9.94. The minimum Gasteiger partial charge on any atom is -0.508 e. The van der Waals surface area contributed by atoms with Crippen LogP contribution in [0, 0.1) is 6.92 Å². The second-order valence-electron chi connectivity index (χ2n) is 5.40. The third-order valence-corrected chi connectivity index (χ3v) is 3.36. The van der Waals surface area contributed by atoms with Crippen LogP contribution < -0.4 is 0 Å². The summed E-state index contributed by atoms with van der Waals surface area (Å²) >= 11 is 0. The van der Waals surface area contributed by atoms with Gasteiger partial charge < -0.3 is 5.11 Å². The highest BCUT2D eigenvalue weighted by Gasteiger charge is 2.08. The first kappa shape index (κ1) is 15.0. The number of aryl methyl sites for hydroxylation is 1. The highest BCUT2D eigenvalue weighted by Crippen LogP contribution is 2.32. The van der Waals surface area contributed by atoms with E-state index in [1.165, 1.54) is 0 Å². The van der Waals surface area contributed by atoms with Gasteiger partial charge in [-0.2, -0.15) is 0 Å². The molecule has 2 nitrogen and oxygen atoms in total. The van der Waals surface area contributed by atoms with Gasteiger partial charge in [0.25, 0.3) is 0 Å². The van der Waals surface area contributed by atoms with Crippen LogP contribution in [0.4, 0.5) is 5.69 Å². The quantitative estimate of drug-likeness (QED) is 0.763. The molecule has 0 saturated heterocycles. The van der Waals surface area contributed by atoms with E-state index < -0.39 is 0 Å². The number of hydrogen-bond donors (Lipinski definition) is 1. The fraction of sp³-hybridized carbons (Fsp3) is 0.211. The van der Waals surface area contributed by atoms with Crippen LogP contribution in [-0.4, -0.2) is 11.3 Å². The number of allylic oxidation sites excluding steroid dienone is 1. The Kier molecular flexibility index (Phi) is 4.94. The summed E-state index contributed by atoms with van der Waals surface area (Å²) in [4.78, 5) is 4.48. The predicted octanol–water partition coefficient (Wildman–Crippen LogP) is 5.24. The zero-order valence-electron chi connectivity index (χ0n) is 12.7. The second-order valence-corrected chi connectivity index (χ2v) is 5.40. The number of rotatable bonds is 4. The van der Waals surface area contributed by atoms with Crippen LogP contribution in [0.3, 0.4) is 0 Å². The van der Waals surface area contributed by atoms with Gasteiger partial charge >= 0.3 is 0 Å². The maximum Gasteiger partial charge on any atom is 0.119 e. The van der Waals surface area contributed by atoms with Crippen LogP contribution >= 0.6 is 0 Å². The lowest BCUT2D eigenvalue weighted by molar-refractivity contribution is 0.464. The van der Waals surface area contributed by atoms with E-state index in [1.807, 2.05) is 55.5 Å². The van der Waals surface area contributed by atoms with E-state index in [-0.39, 0.29) is 5.92 Å². The monoisotopic (exact) mass is 279 g/mol. The molecule has 0 unspecified atom stereocenters. The average Bonchev–Trinajstić information content (AvgIpc) is 2.46. The fourth-order valence-electron chi connectivity index (χ4n) is 2.14. The normalized spacial score (nSPS) is 11.8. The van der Waals surface area contributed by atoms with E-state index in [0.717, 1.165) is 22.4 Å². The molecule has 0 atom stereocenters. The van der Waals surface area contributed by atoms with Gasteiger partial charge in [0.1, 0.15) is 5.75 Å². The Balaban J connectivity index is 2.17. The zero-order chi connectivity index (χ0) is 15.2. The molecule has 0 saturated carbocycles. The number of nitrogens with zero attached hydrogens (tertiary/aromatic N) is 1. The van der Waals surface area contributed by atoms with Gasteiger partial charge in [-0.15, -0.1) is 0 Å². The van der Waals surface area contributed by atoms with Crippen molar-refractivity contribution in [3.63, 3.8) is 0 Å². The van der Waals surface area contributed by atoms with Crippen molar-refractivity contribution in [3.8, 4) is 5.75 Å². The van der Waals surface area contributed by atoms with E-state index in [2.05, 4.69) is 18.8 Å². The van der Waals surface area contributed by atoms with Crippen LogP contribution in [-0.2, 0) is 0 Å². The molecule has 1 N–H and O–H groups in total. The molecule has 2 rings (SSSR count). The Morgan fingerprint density at radius 2 is 1.81 bits per heavy atom. The van der Waals surface area contributed by atoms with Crippen molar-refractivity contribution in [1.29, 1.82) is 0 Å². The summed E-state index contributed by atoms with van der Waals surface area (Å²) in [6.07, 6.45) is 5.73. The predicted molar refractivity (Wildman–Crippen MR) is 90.6 cm³/mol. The van der Waals surface area contributed by atoms with E-state index >= 15 is 0 Å². The molecular formula is C19H21NO. The Bertz CT molecular complexity index is 655. The van der Waals surface area contributed by atoms with Crippen molar-refractivity contribution in [2.45, 2.75) is 26.7 Å². The molecule has 2 heteroatoms. The molecule has 0 heterocycles. The first-order valence-electron chi connectivity index (χ1n) is 7.17. The number of aliphatic imine (C=N–C) groups is 1. The largest absolute Gasteiger partial charge is 0.508 e. The van der Waals surface area contributed by atoms with Crippen LogP contribution in [0.15, 0.2) is 53.5 Å². The van der Waals surface area contributed by atoms with Crippen molar-refractivity contribution < 1.29 is 5.11 Å². The summed E-state index contributed by atoms with van der Waals surface area (Å²) in [5.41, 5.74) is 3.95. The Labute approximate surface area is 126 Å². The van der Waals surface area contributed by atoms with E-state index in [1.54, 1.807) is 12.3 Å². The van der Waals surface area contributed by atoms with Crippen molar-refractivity contribution in [1.82, 2.24) is 0 Å². The minimum absolute atomic E-state index is 0.277. The third kappa shape index (κ3) is 4.06. The molecule has 0 aromatic heterocycles. The van der Waals surface area contributed by atoms with Gasteiger partial charge in [0, 0.05) is 6.21 Å². The second kappa shape index (κ2) is 6.89. The van der Waals surface area contributed by atoms with Crippen molar-refractivity contribution in [2.24, 2.45) is 4.99 Å². The van der Waals surface area contributed by atoms with Crippen LogP contribution in [0.1, 0.15) is 36.5 Å². The average molecular weight is 279 g/mol. The van der Waals surface area contributed by atoms with E-state index in [0.29, 0.717) is 5.75 Å². The van der Waals surface area contributed by atoms with Gasteiger partial charge in [0.15, 0.2) is 0 Å². The van der Waals surface area contributed by atoms with Crippen molar-refractivity contribution in [2.75, 3.05) is 0 Å². The highest BCUT2D eigenvalue weighted by molar-refractivity contribution is 5.81. The first-order chi connectivity index (χ1) is 10.1. The molecule has 0 aliphatic rings. The SMILES string of the molecule is Cc1cc(O)c(C(C)C)cc1N=C/C=C\c1ccccc1. The summed E-state index contributed by atoms with van der Waals surface area (Å²) < 4.78 is 0. The molecular weight excluding hydrogens is 258 g/mol. The summed E-state index contributed by atoms with van der Waals surface area (Å²) in [6, 6.07) is 13.9. The molecule has 0 radical (unpaired) electrons. The Morgan fingerprint density at radius 3 is 2.48 bits per heavy atom. The Morgan fingerprint density at radius 1 is 1.10 bits per heavy atom. The topological polar surface area (TPSA) is 32.6 Å². The standard InChI is InChI=1S/C19H21NO/c1-14(2)17-13-18(15(3)12-19(17)21)20-11-7-10-16-8-5-4-6-9-16/h4-14,21H,1-3H3/b10-7-,20-11?. The van der Waals surface area contributed by atoms with Crippen molar-refractivity contribution >= 4 is 18.0 Å². The van der Waals surface area contributed by atoms with E-state index in [9.17, 15) is 5.11 Å². The third-order valence-electron chi connectivity index (χ3n) is 3.36. The molecule has 0 bridgehead atoms. The number of phenols is 1. The van der Waals surface area contributed by atoms with Gasteiger partial charge in [-0.3, -0.25) is 4.99 Å². The lowest BCUT2D eigenvalue weighted by atomic mass is 9.99. The number of aromatic hydroxyl groups is 1. The molecule has 2 aromatic carbocycles. The Hall–Kier alpha value is -2.35. The maximum atomic E-state index is 9.94. The van der Waals surface area contributed by atoms with Gasteiger partial charge in [0.2, 0.25) is 0 Å². The van der Waals surface area contributed by atoms with Crippen LogP contribution in [0.5, 0.6) is 5.75 Å². The summed E-state index contributed by atoms with van der Waals surface area (Å²) in [5.74, 6) is 0.626. The molecule has 0 aliphatic carbocycles. The molecule has 2 aromatic rings. The molecule has 21 heavy (non-hydrogen) atoms. The molecule has 0 amide bonds. The molecule has 108 valence electrons. The fourth-order valence-corrected chi connectivity index (χ4v) is 2.14. The number of hydrogen-bond acceptors (Lipinski definition) is 2. The zero-order valence-corrected chi connectivity index (χ0v) is 12.7. The summed E-state index contributed by atoms with van der Waals surface area (Å²) in [7, 11) is 0. The van der Waals surface area contributed by atoms with Gasteiger partial charge in [-0.25, -0.2) is 0 Å². The van der Waals surface area contributed by atoms with Gasteiger partial charge in [-0.05, 0) is 47.7 Å². The first-order valence-corrected chi connectivity index (χ1v) is 7.17. The van der Waals surface area contributed by atoms with Gasteiger partial charge in [0.05, 0.1) is 5.69 Å². The van der Waals surface area contributed by atoms with Crippen LogP contribution in [0.25, 0.3) is 6.08 Å². The molecule has 0 spiro atoms.